The van der Waals surface area contributed by atoms with Crippen LogP contribution in [0.3, 0.4) is 0 Å². The molecule has 0 saturated carbocycles. The molecule has 0 aromatic rings. The molecular formula is C10H21NO3. The number of hydrogen-bond donors (Lipinski definition) is 1. The average molecular weight is 203 g/mol. The van der Waals surface area contributed by atoms with Crippen LogP contribution in [-0.4, -0.2) is 30.8 Å². The van der Waals surface area contributed by atoms with Gasteiger partial charge in [-0.15, -0.1) is 0 Å². The molecule has 84 valence electrons. The fourth-order valence-electron chi connectivity index (χ4n) is 1.31. The van der Waals surface area contributed by atoms with Gasteiger partial charge in [0.05, 0.1) is 12.2 Å². The van der Waals surface area contributed by atoms with Crippen molar-refractivity contribution < 1.29 is 14.3 Å². The molecule has 0 saturated heterocycles. The van der Waals surface area contributed by atoms with E-state index in [2.05, 4.69) is 0 Å². The van der Waals surface area contributed by atoms with Crippen molar-refractivity contribution in [3.63, 3.8) is 0 Å². The van der Waals surface area contributed by atoms with E-state index in [0.717, 1.165) is 0 Å². The van der Waals surface area contributed by atoms with Crippen LogP contribution < -0.4 is 5.73 Å². The lowest BCUT2D eigenvalue weighted by Gasteiger charge is -2.26. The van der Waals surface area contributed by atoms with Crippen LogP contribution in [0.5, 0.6) is 0 Å². The molecule has 0 aliphatic carbocycles. The van der Waals surface area contributed by atoms with E-state index in [0.29, 0.717) is 19.6 Å². The maximum atomic E-state index is 11.2. The van der Waals surface area contributed by atoms with Crippen LogP contribution in [0, 0.1) is 0 Å². The molecule has 0 rings (SSSR count). The summed E-state index contributed by atoms with van der Waals surface area (Å²) in [6, 6.07) is -0.600. The second-order valence-electron chi connectivity index (χ2n) is 3.76. The zero-order chi connectivity index (χ0) is 11.2. The minimum atomic E-state index is -0.600. The molecule has 0 aromatic heterocycles. The zero-order valence-corrected chi connectivity index (χ0v) is 9.50. The van der Waals surface area contributed by atoms with Crippen molar-refractivity contribution in [3.8, 4) is 0 Å². The molecule has 0 bridgehead atoms. The van der Waals surface area contributed by atoms with Gasteiger partial charge in [-0.25, -0.2) is 0 Å². The van der Waals surface area contributed by atoms with Crippen molar-refractivity contribution in [2.45, 2.75) is 45.8 Å². The van der Waals surface area contributed by atoms with Crippen LogP contribution in [0.2, 0.25) is 0 Å². The number of ether oxygens (including phenoxy) is 2. The molecule has 0 aromatic carbocycles. The summed E-state index contributed by atoms with van der Waals surface area (Å²) in [7, 11) is 0. The van der Waals surface area contributed by atoms with Gasteiger partial charge in [-0.1, -0.05) is 0 Å². The Bertz CT molecular complexity index is 180. The first-order valence-corrected chi connectivity index (χ1v) is 4.99. The Labute approximate surface area is 85.8 Å². The van der Waals surface area contributed by atoms with E-state index in [1.54, 1.807) is 6.92 Å². The molecule has 14 heavy (non-hydrogen) atoms. The lowest BCUT2D eigenvalue weighted by Crippen LogP contribution is -2.40. The molecule has 4 nitrogen and oxygen atoms in total. The van der Waals surface area contributed by atoms with Gasteiger partial charge >= 0.3 is 5.97 Å². The highest BCUT2D eigenvalue weighted by molar-refractivity contribution is 5.75. The second kappa shape index (κ2) is 5.98. The molecule has 0 spiro atoms. The number of hydrogen-bond acceptors (Lipinski definition) is 4. The number of carbonyl (C=O) groups is 1. The van der Waals surface area contributed by atoms with Crippen LogP contribution in [0.15, 0.2) is 0 Å². The Morgan fingerprint density at radius 2 is 1.93 bits per heavy atom. The first-order valence-electron chi connectivity index (χ1n) is 4.99. The highest BCUT2D eigenvalue weighted by Crippen LogP contribution is 2.16. The van der Waals surface area contributed by atoms with Crippen molar-refractivity contribution in [2.24, 2.45) is 5.73 Å². The van der Waals surface area contributed by atoms with Gasteiger partial charge in [0.15, 0.2) is 0 Å². The molecule has 0 amide bonds. The molecular weight excluding hydrogens is 182 g/mol. The molecule has 1 unspecified atom stereocenters. The third-order valence-corrected chi connectivity index (χ3v) is 1.84. The van der Waals surface area contributed by atoms with E-state index < -0.39 is 6.04 Å². The van der Waals surface area contributed by atoms with Gasteiger partial charge in [0.1, 0.15) is 6.04 Å². The molecule has 1 atom stereocenters. The number of nitrogens with two attached hydrogens (primary N) is 1. The fourth-order valence-corrected chi connectivity index (χ4v) is 1.31. The average Bonchev–Trinajstić information content (AvgIpc) is 2.03. The minimum Gasteiger partial charge on any atom is -0.465 e. The van der Waals surface area contributed by atoms with Crippen molar-refractivity contribution in [1.82, 2.24) is 0 Å². The Morgan fingerprint density at radius 1 is 1.36 bits per heavy atom. The molecule has 0 fully saturated rings. The standard InChI is InChI=1S/C10H21NO3/c1-5-13-9(12)8(11)7-10(3,4)14-6-2/h8H,5-7,11H2,1-4H3. The van der Waals surface area contributed by atoms with Crippen LogP contribution in [0.4, 0.5) is 0 Å². The minimum absolute atomic E-state index is 0.361. The Balaban J connectivity index is 4.03. The first kappa shape index (κ1) is 13.4. The van der Waals surface area contributed by atoms with Crippen LogP contribution in [0.25, 0.3) is 0 Å². The highest BCUT2D eigenvalue weighted by Gasteiger charge is 2.26. The molecule has 0 aliphatic heterocycles. The number of rotatable bonds is 6. The highest BCUT2D eigenvalue weighted by atomic mass is 16.5. The summed E-state index contributed by atoms with van der Waals surface area (Å²) < 4.78 is 10.2. The van der Waals surface area contributed by atoms with Crippen molar-refractivity contribution in [3.05, 3.63) is 0 Å². The van der Waals surface area contributed by atoms with Gasteiger partial charge in [-0.2, -0.15) is 0 Å². The number of esters is 1. The SMILES string of the molecule is CCOC(=O)C(N)CC(C)(C)OCC. The third-order valence-electron chi connectivity index (χ3n) is 1.84. The van der Waals surface area contributed by atoms with Gasteiger partial charge in [-0.3, -0.25) is 4.79 Å². The van der Waals surface area contributed by atoms with E-state index in [-0.39, 0.29) is 11.6 Å². The van der Waals surface area contributed by atoms with Gasteiger partial charge in [-0.05, 0) is 27.7 Å². The quantitative estimate of drug-likeness (QED) is 0.656. The summed E-state index contributed by atoms with van der Waals surface area (Å²) in [4.78, 5) is 11.2. The Kier molecular flexibility index (Phi) is 5.72. The zero-order valence-electron chi connectivity index (χ0n) is 9.50. The molecule has 0 aliphatic rings. The Morgan fingerprint density at radius 3 is 2.36 bits per heavy atom. The first-order chi connectivity index (χ1) is 6.43. The van der Waals surface area contributed by atoms with Gasteiger partial charge in [0, 0.05) is 13.0 Å². The predicted octanol–water partition coefficient (Wildman–Crippen LogP) is 1.08. The molecule has 0 heterocycles. The van der Waals surface area contributed by atoms with Crippen molar-refractivity contribution >= 4 is 5.97 Å². The predicted molar refractivity (Wildman–Crippen MR) is 54.9 cm³/mol. The monoisotopic (exact) mass is 203 g/mol. The molecule has 0 radical (unpaired) electrons. The second-order valence-corrected chi connectivity index (χ2v) is 3.76. The van der Waals surface area contributed by atoms with E-state index in [4.69, 9.17) is 15.2 Å². The van der Waals surface area contributed by atoms with Gasteiger partial charge in [0.25, 0.3) is 0 Å². The van der Waals surface area contributed by atoms with E-state index in [1.165, 1.54) is 0 Å². The maximum absolute atomic E-state index is 11.2. The summed E-state index contributed by atoms with van der Waals surface area (Å²) in [6.07, 6.45) is 0.472. The smallest absolute Gasteiger partial charge is 0.323 e. The fraction of sp³-hybridized carbons (Fsp3) is 0.900. The normalized spacial score (nSPS) is 13.8. The van der Waals surface area contributed by atoms with Crippen molar-refractivity contribution in [2.75, 3.05) is 13.2 Å². The van der Waals surface area contributed by atoms with Crippen LogP contribution in [0.1, 0.15) is 34.1 Å². The van der Waals surface area contributed by atoms with Crippen LogP contribution >= 0.6 is 0 Å². The van der Waals surface area contributed by atoms with Gasteiger partial charge < -0.3 is 15.2 Å². The van der Waals surface area contributed by atoms with E-state index in [9.17, 15) is 4.79 Å². The van der Waals surface area contributed by atoms with Crippen molar-refractivity contribution in [1.29, 1.82) is 0 Å². The third kappa shape index (κ3) is 5.19. The summed E-state index contributed by atoms with van der Waals surface area (Å²) in [6.45, 7) is 8.48. The lowest BCUT2D eigenvalue weighted by molar-refractivity contribution is -0.146. The topological polar surface area (TPSA) is 61.5 Å². The van der Waals surface area contributed by atoms with E-state index >= 15 is 0 Å². The largest absolute Gasteiger partial charge is 0.465 e. The molecule has 4 heteroatoms. The van der Waals surface area contributed by atoms with Gasteiger partial charge in [0.2, 0.25) is 0 Å². The molecule has 2 N–H and O–H groups in total. The lowest BCUT2D eigenvalue weighted by atomic mass is 9.99. The summed E-state index contributed by atoms with van der Waals surface area (Å²) >= 11 is 0. The number of carbonyl (C=O) groups excluding carboxylic acids is 1. The summed E-state index contributed by atoms with van der Waals surface area (Å²) in [5.41, 5.74) is 5.29. The maximum Gasteiger partial charge on any atom is 0.323 e. The van der Waals surface area contributed by atoms with E-state index in [1.807, 2.05) is 20.8 Å². The van der Waals surface area contributed by atoms with Crippen LogP contribution in [-0.2, 0) is 14.3 Å². The summed E-state index contributed by atoms with van der Waals surface area (Å²) in [5.74, 6) is -0.361. The Hall–Kier alpha value is -0.610. The summed E-state index contributed by atoms with van der Waals surface area (Å²) in [5, 5.41) is 0.